The fourth-order valence-electron chi connectivity index (χ4n) is 2.63. The Morgan fingerprint density at radius 2 is 2.05 bits per heavy atom. The van der Waals surface area contributed by atoms with Gasteiger partial charge in [0, 0.05) is 30.7 Å². The lowest BCUT2D eigenvalue weighted by atomic mass is 10.3. The quantitative estimate of drug-likeness (QED) is 0.855. The summed E-state index contributed by atoms with van der Waals surface area (Å²) in [6.45, 7) is 5.87. The zero-order valence-corrected chi connectivity index (χ0v) is 13.7. The number of hydrogen-bond acceptors (Lipinski definition) is 3. The van der Waals surface area contributed by atoms with Crippen LogP contribution in [0.2, 0.25) is 0 Å². The molecule has 108 valence electrons. The molecule has 1 aromatic carbocycles. The van der Waals surface area contributed by atoms with Gasteiger partial charge in [-0.3, -0.25) is 4.90 Å². The molecule has 0 saturated carbocycles. The molecule has 1 aliphatic heterocycles. The molecule has 2 aromatic rings. The molecular weight excluding hydrogens is 338 g/mol. The highest BCUT2D eigenvalue weighted by Gasteiger charge is 2.10. The normalized spacial score (nSPS) is 16.9. The number of nitrogens with one attached hydrogen (secondary N) is 1. The lowest BCUT2D eigenvalue weighted by molar-refractivity contribution is 0.0369. The molecule has 0 atom stereocenters. The van der Waals surface area contributed by atoms with Crippen molar-refractivity contribution in [2.75, 3.05) is 32.8 Å². The Morgan fingerprint density at radius 1 is 1.25 bits per heavy atom. The predicted octanol–water partition coefficient (Wildman–Crippen LogP) is 3.18. The third-order valence-corrected chi connectivity index (χ3v) is 4.51. The molecule has 1 aromatic heterocycles. The number of fused-ring (bicyclic) bond motifs is 1. The minimum atomic E-state index is 0.806. The fourth-order valence-corrected chi connectivity index (χ4v) is 3.27. The Labute approximate surface area is 131 Å². The topological polar surface area (TPSA) is 33.2 Å². The second kappa shape index (κ2) is 6.39. The van der Waals surface area contributed by atoms with Gasteiger partial charge in [-0.05, 0) is 36.8 Å². The SMILES string of the molecule is S=c1[nH]c2ccc(Br)cc2n1CCCN1CCOCC1. The van der Waals surface area contributed by atoms with Crippen molar-refractivity contribution in [3.8, 4) is 0 Å². The molecule has 0 aliphatic carbocycles. The molecule has 1 aliphatic rings. The molecule has 3 rings (SSSR count). The van der Waals surface area contributed by atoms with E-state index in [1.54, 1.807) is 0 Å². The van der Waals surface area contributed by atoms with Crippen LogP contribution in [0.3, 0.4) is 0 Å². The Morgan fingerprint density at radius 3 is 2.85 bits per heavy atom. The van der Waals surface area contributed by atoms with Crippen LogP contribution in [0.25, 0.3) is 11.0 Å². The van der Waals surface area contributed by atoms with Crippen LogP contribution in [-0.4, -0.2) is 47.3 Å². The van der Waals surface area contributed by atoms with E-state index in [1.165, 1.54) is 5.52 Å². The minimum absolute atomic E-state index is 0.806. The number of halogens is 1. The van der Waals surface area contributed by atoms with Crippen LogP contribution in [0.4, 0.5) is 0 Å². The molecule has 6 heteroatoms. The van der Waals surface area contributed by atoms with Gasteiger partial charge in [-0.2, -0.15) is 0 Å². The van der Waals surface area contributed by atoms with Crippen molar-refractivity contribution in [2.24, 2.45) is 0 Å². The van der Waals surface area contributed by atoms with Crippen molar-refractivity contribution in [3.63, 3.8) is 0 Å². The molecule has 0 unspecified atom stereocenters. The van der Waals surface area contributed by atoms with Crippen molar-refractivity contribution >= 4 is 39.2 Å². The van der Waals surface area contributed by atoms with Crippen molar-refractivity contribution in [3.05, 3.63) is 27.4 Å². The van der Waals surface area contributed by atoms with Crippen LogP contribution >= 0.6 is 28.1 Å². The largest absolute Gasteiger partial charge is 0.379 e. The Balaban J connectivity index is 1.69. The molecule has 2 heterocycles. The molecule has 0 amide bonds. The van der Waals surface area contributed by atoms with Crippen LogP contribution in [0.1, 0.15) is 6.42 Å². The maximum Gasteiger partial charge on any atom is 0.178 e. The van der Waals surface area contributed by atoms with Crippen LogP contribution in [-0.2, 0) is 11.3 Å². The second-order valence-corrected chi connectivity index (χ2v) is 6.35. The van der Waals surface area contributed by atoms with Gasteiger partial charge >= 0.3 is 0 Å². The first-order chi connectivity index (χ1) is 9.74. The second-order valence-electron chi connectivity index (χ2n) is 5.05. The fraction of sp³-hybridized carbons (Fsp3) is 0.500. The van der Waals surface area contributed by atoms with Crippen molar-refractivity contribution in [2.45, 2.75) is 13.0 Å². The summed E-state index contributed by atoms with van der Waals surface area (Å²) in [6, 6.07) is 6.22. The van der Waals surface area contributed by atoms with E-state index in [2.05, 4.69) is 42.5 Å². The van der Waals surface area contributed by atoms with Gasteiger partial charge in [-0.15, -0.1) is 0 Å². The van der Waals surface area contributed by atoms with Gasteiger partial charge < -0.3 is 14.3 Å². The van der Waals surface area contributed by atoms with Gasteiger partial charge in [0.2, 0.25) is 0 Å². The highest BCUT2D eigenvalue weighted by molar-refractivity contribution is 9.10. The first kappa shape index (κ1) is 14.3. The number of aromatic amines is 1. The highest BCUT2D eigenvalue weighted by atomic mass is 79.9. The van der Waals surface area contributed by atoms with Crippen molar-refractivity contribution in [1.82, 2.24) is 14.5 Å². The van der Waals surface area contributed by atoms with Gasteiger partial charge in [0.25, 0.3) is 0 Å². The summed E-state index contributed by atoms with van der Waals surface area (Å²) >= 11 is 8.95. The zero-order chi connectivity index (χ0) is 13.9. The van der Waals surface area contributed by atoms with E-state index in [-0.39, 0.29) is 0 Å². The average Bonchev–Trinajstić information content (AvgIpc) is 2.76. The third-order valence-electron chi connectivity index (χ3n) is 3.70. The van der Waals surface area contributed by atoms with Crippen molar-refractivity contribution in [1.29, 1.82) is 0 Å². The van der Waals surface area contributed by atoms with Gasteiger partial charge in [0.05, 0.1) is 24.2 Å². The summed E-state index contributed by atoms with van der Waals surface area (Å²) in [6.07, 6.45) is 1.10. The molecule has 20 heavy (non-hydrogen) atoms. The molecule has 1 saturated heterocycles. The highest BCUT2D eigenvalue weighted by Crippen LogP contribution is 2.20. The van der Waals surface area contributed by atoms with Gasteiger partial charge in [0.1, 0.15) is 0 Å². The number of morpholine rings is 1. The van der Waals surface area contributed by atoms with Crippen LogP contribution < -0.4 is 0 Å². The number of rotatable bonds is 4. The number of aromatic nitrogens is 2. The van der Waals surface area contributed by atoms with Gasteiger partial charge in [0.15, 0.2) is 4.77 Å². The number of hydrogen-bond donors (Lipinski definition) is 1. The van der Waals surface area contributed by atoms with Crippen molar-refractivity contribution < 1.29 is 4.74 Å². The monoisotopic (exact) mass is 355 g/mol. The van der Waals surface area contributed by atoms with Crippen LogP contribution in [0.5, 0.6) is 0 Å². The van der Waals surface area contributed by atoms with Gasteiger partial charge in [-0.25, -0.2) is 0 Å². The van der Waals surface area contributed by atoms with E-state index in [0.717, 1.165) is 60.6 Å². The first-order valence-corrected chi connectivity index (χ1v) is 8.12. The number of nitrogens with zero attached hydrogens (tertiary/aromatic N) is 2. The number of H-pyrrole nitrogens is 1. The molecule has 0 radical (unpaired) electrons. The number of aryl methyl sites for hydroxylation is 1. The lowest BCUT2D eigenvalue weighted by Gasteiger charge is -2.26. The number of benzene rings is 1. The summed E-state index contributed by atoms with van der Waals surface area (Å²) in [7, 11) is 0. The molecule has 4 nitrogen and oxygen atoms in total. The third kappa shape index (κ3) is 3.14. The van der Waals surface area contributed by atoms with Crippen LogP contribution in [0.15, 0.2) is 22.7 Å². The summed E-state index contributed by atoms with van der Waals surface area (Å²) in [5.74, 6) is 0. The van der Waals surface area contributed by atoms with E-state index < -0.39 is 0 Å². The molecular formula is C14H18BrN3OS. The Bertz CT molecular complexity index is 645. The maximum absolute atomic E-state index is 5.42. The predicted molar refractivity (Wildman–Crippen MR) is 86.7 cm³/mol. The van der Waals surface area contributed by atoms with E-state index >= 15 is 0 Å². The molecule has 1 N–H and O–H groups in total. The Hall–Kier alpha value is -0.690. The minimum Gasteiger partial charge on any atom is -0.379 e. The standard InChI is InChI=1S/C14H18BrN3OS/c15-11-2-3-12-13(10-11)18(14(20)16-12)5-1-4-17-6-8-19-9-7-17/h2-3,10H,1,4-9H2,(H,16,20). The van der Waals surface area contributed by atoms with E-state index in [4.69, 9.17) is 17.0 Å². The summed E-state index contributed by atoms with van der Waals surface area (Å²) in [5.41, 5.74) is 2.27. The lowest BCUT2D eigenvalue weighted by Crippen LogP contribution is -2.37. The number of ether oxygens (including phenoxy) is 1. The molecule has 1 fully saturated rings. The molecule has 0 spiro atoms. The summed E-state index contributed by atoms with van der Waals surface area (Å²) in [4.78, 5) is 5.72. The summed E-state index contributed by atoms with van der Waals surface area (Å²) in [5, 5.41) is 0. The summed E-state index contributed by atoms with van der Waals surface area (Å²) < 4.78 is 9.45. The average molecular weight is 356 g/mol. The smallest absolute Gasteiger partial charge is 0.178 e. The Kier molecular flexibility index (Phi) is 4.55. The van der Waals surface area contributed by atoms with Gasteiger partial charge in [-0.1, -0.05) is 15.9 Å². The zero-order valence-electron chi connectivity index (χ0n) is 11.3. The number of imidazole rings is 1. The maximum atomic E-state index is 5.42. The van der Waals surface area contributed by atoms with E-state index in [9.17, 15) is 0 Å². The van der Waals surface area contributed by atoms with E-state index in [0.29, 0.717) is 0 Å². The van der Waals surface area contributed by atoms with E-state index in [1.807, 2.05) is 6.07 Å². The first-order valence-electron chi connectivity index (χ1n) is 6.92. The molecule has 0 bridgehead atoms. The van der Waals surface area contributed by atoms with Crippen LogP contribution in [0, 0.1) is 4.77 Å².